The van der Waals surface area contributed by atoms with E-state index in [-0.39, 0.29) is 11.7 Å². The number of anilines is 1. The highest BCUT2D eigenvalue weighted by atomic mass is 35.5. The summed E-state index contributed by atoms with van der Waals surface area (Å²) >= 11 is 8.70. The monoisotopic (exact) mass is 507 g/mol. The van der Waals surface area contributed by atoms with E-state index in [0.717, 1.165) is 22.5 Å². The molecule has 0 bridgehead atoms. The molecule has 3 aromatic heterocycles. The van der Waals surface area contributed by atoms with E-state index in [1.54, 1.807) is 18.5 Å². The Kier molecular flexibility index (Phi) is 6.75. The van der Waals surface area contributed by atoms with Gasteiger partial charge >= 0.3 is 0 Å². The molecule has 5 rings (SSSR count). The Labute approximate surface area is 208 Å². The number of thiazole rings is 1. The first-order valence-electron chi connectivity index (χ1n) is 10.3. The Bertz CT molecular complexity index is 1380. The first kappa shape index (κ1) is 22.4. The molecule has 0 aliphatic heterocycles. The largest absolute Gasteiger partial charge is 0.461 e. The second-order valence-electron chi connectivity index (χ2n) is 7.23. The fourth-order valence-electron chi connectivity index (χ4n) is 3.27. The number of aromatic nitrogens is 4. The van der Waals surface area contributed by atoms with Crippen molar-refractivity contribution in [3.8, 4) is 17.3 Å². The Morgan fingerprint density at radius 1 is 1.06 bits per heavy atom. The highest BCUT2D eigenvalue weighted by molar-refractivity contribution is 7.99. The molecule has 3 heterocycles. The van der Waals surface area contributed by atoms with Crippen LogP contribution in [0.1, 0.15) is 10.4 Å². The van der Waals surface area contributed by atoms with Gasteiger partial charge < -0.3 is 9.73 Å². The molecule has 0 aliphatic rings. The van der Waals surface area contributed by atoms with Crippen LogP contribution in [0.5, 0.6) is 0 Å². The number of nitrogens with one attached hydrogen (secondary N) is 1. The number of carbonyl (C=O) groups excluding carboxylic acids is 1. The lowest BCUT2D eigenvalue weighted by molar-refractivity contribution is -0.113. The summed E-state index contributed by atoms with van der Waals surface area (Å²) in [6, 6.07) is 21.0. The van der Waals surface area contributed by atoms with Gasteiger partial charge in [0.05, 0.1) is 12.0 Å². The summed E-state index contributed by atoms with van der Waals surface area (Å²) in [4.78, 5) is 18.0. The number of thioether (sulfide) groups is 1. The van der Waals surface area contributed by atoms with Crippen LogP contribution in [-0.4, -0.2) is 31.4 Å². The van der Waals surface area contributed by atoms with Gasteiger partial charge in [-0.2, -0.15) is 0 Å². The molecule has 1 amide bonds. The average Bonchev–Trinajstić information content (AvgIpc) is 3.61. The Hall–Kier alpha value is -3.40. The van der Waals surface area contributed by atoms with E-state index in [9.17, 15) is 4.79 Å². The fourth-order valence-corrected chi connectivity index (χ4v) is 5.02. The minimum Gasteiger partial charge on any atom is -0.461 e. The van der Waals surface area contributed by atoms with Gasteiger partial charge in [-0.1, -0.05) is 53.7 Å². The van der Waals surface area contributed by atoms with Gasteiger partial charge in [-0.25, -0.2) is 4.98 Å². The average molecular weight is 508 g/mol. The van der Waals surface area contributed by atoms with Crippen LogP contribution >= 0.6 is 34.7 Å². The van der Waals surface area contributed by atoms with Crippen molar-refractivity contribution < 1.29 is 9.21 Å². The van der Waals surface area contributed by atoms with Crippen LogP contribution in [0.15, 0.2) is 88.8 Å². The first-order chi connectivity index (χ1) is 16.7. The lowest BCUT2D eigenvalue weighted by Gasteiger charge is -2.08. The predicted molar refractivity (Wildman–Crippen MR) is 135 cm³/mol. The third-order valence-corrected chi connectivity index (χ3v) is 6.91. The summed E-state index contributed by atoms with van der Waals surface area (Å²) < 4.78 is 7.40. The van der Waals surface area contributed by atoms with Gasteiger partial charge in [-0.05, 0) is 42.0 Å². The molecule has 10 heteroatoms. The number of halogens is 1. The molecule has 0 fully saturated rings. The minimum atomic E-state index is -0.167. The molecule has 0 radical (unpaired) electrons. The minimum absolute atomic E-state index is 0.162. The molecule has 0 saturated heterocycles. The molecule has 2 aromatic carbocycles. The molecule has 34 heavy (non-hydrogen) atoms. The summed E-state index contributed by atoms with van der Waals surface area (Å²) in [6.07, 6.45) is 4.10. The van der Waals surface area contributed by atoms with Crippen LogP contribution in [0.2, 0.25) is 5.02 Å². The zero-order valence-corrected chi connectivity index (χ0v) is 20.1. The Morgan fingerprint density at radius 3 is 2.65 bits per heavy atom. The molecule has 5 aromatic rings. The van der Waals surface area contributed by atoms with Crippen molar-refractivity contribution in [3.63, 3.8) is 0 Å². The van der Waals surface area contributed by atoms with E-state index in [4.69, 9.17) is 16.0 Å². The lowest BCUT2D eigenvalue weighted by Crippen LogP contribution is -2.14. The lowest BCUT2D eigenvalue weighted by atomic mass is 10.1. The number of furan rings is 1. The summed E-state index contributed by atoms with van der Waals surface area (Å²) in [5, 5.41) is 13.3. The van der Waals surface area contributed by atoms with Crippen molar-refractivity contribution in [3.05, 3.63) is 94.7 Å². The fraction of sp³-hybridized carbons (Fsp3) is 0.0833. The molecule has 0 saturated carbocycles. The standard InChI is InChI=1S/C24H18ClN5O2S2/c25-17-10-8-16(9-11-17)13-19-14-26-23(34-19)27-21(31)15-33-24-29-28-22(20-7-4-12-32-20)30(24)18-5-2-1-3-6-18/h1-12,14H,13,15H2,(H,26,27,31). The van der Waals surface area contributed by atoms with Crippen LogP contribution in [-0.2, 0) is 11.2 Å². The maximum atomic E-state index is 12.6. The number of benzene rings is 2. The molecule has 0 spiro atoms. The number of amides is 1. The van der Waals surface area contributed by atoms with Crippen molar-refractivity contribution in [1.82, 2.24) is 19.7 Å². The Morgan fingerprint density at radius 2 is 1.88 bits per heavy atom. The summed E-state index contributed by atoms with van der Waals surface area (Å²) in [5.41, 5.74) is 2.02. The Balaban J connectivity index is 1.25. The zero-order valence-electron chi connectivity index (χ0n) is 17.7. The van der Waals surface area contributed by atoms with Crippen molar-refractivity contribution in [2.45, 2.75) is 11.6 Å². The van der Waals surface area contributed by atoms with E-state index in [0.29, 0.717) is 26.9 Å². The third kappa shape index (κ3) is 5.22. The second kappa shape index (κ2) is 10.3. The molecule has 170 valence electrons. The molecule has 0 atom stereocenters. The number of nitrogens with zero attached hydrogens (tertiary/aromatic N) is 4. The molecule has 0 aliphatic carbocycles. The van der Waals surface area contributed by atoms with E-state index < -0.39 is 0 Å². The third-order valence-electron chi connectivity index (χ3n) is 4.81. The predicted octanol–water partition coefficient (Wildman–Crippen LogP) is 5.96. The van der Waals surface area contributed by atoms with E-state index in [1.165, 1.54) is 23.1 Å². The van der Waals surface area contributed by atoms with Gasteiger partial charge in [0.15, 0.2) is 16.0 Å². The van der Waals surface area contributed by atoms with Crippen molar-refractivity contribution in [1.29, 1.82) is 0 Å². The molecular formula is C24H18ClN5O2S2. The van der Waals surface area contributed by atoms with E-state index in [1.807, 2.05) is 65.2 Å². The van der Waals surface area contributed by atoms with Crippen LogP contribution in [0, 0.1) is 0 Å². The molecule has 7 nitrogen and oxygen atoms in total. The van der Waals surface area contributed by atoms with Gasteiger partial charge in [-0.15, -0.1) is 21.5 Å². The number of para-hydroxylation sites is 1. The van der Waals surface area contributed by atoms with Crippen molar-refractivity contribution in [2.24, 2.45) is 0 Å². The van der Waals surface area contributed by atoms with Crippen LogP contribution in [0.4, 0.5) is 5.13 Å². The molecule has 0 unspecified atom stereocenters. The maximum Gasteiger partial charge on any atom is 0.236 e. The summed E-state index contributed by atoms with van der Waals surface area (Å²) in [6.45, 7) is 0. The number of hydrogen-bond acceptors (Lipinski definition) is 7. The number of rotatable bonds is 8. The highest BCUT2D eigenvalue weighted by Gasteiger charge is 2.19. The van der Waals surface area contributed by atoms with Crippen LogP contribution in [0.25, 0.3) is 17.3 Å². The van der Waals surface area contributed by atoms with Gasteiger partial charge in [-0.3, -0.25) is 9.36 Å². The zero-order chi connectivity index (χ0) is 23.3. The normalized spacial score (nSPS) is 11.0. The smallest absolute Gasteiger partial charge is 0.236 e. The van der Waals surface area contributed by atoms with Gasteiger partial charge in [0.1, 0.15) is 0 Å². The van der Waals surface area contributed by atoms with Gasteiger partial charge in [0, 0.05) is 28.2 Å². The first-order valence-corrected chi connectivity index (χ1v) is 12.5. The van der Waals surface area contributed by atoms with Gasteiger partial charge in [0.25, 0.3) is 0 Å². The number of hydrogen-bond donors (Lipinski definition) is 1. The second-order valence-corrected chi connectivity index (χ2v) is 9.72. The maximum absolute atomic E-state index is 12.6. The van der Waals surface area contributed by atoms with Crippen LogP contribution < -0.4 is 5.32 Å². The van der Waals surface area contributed by atoms with E-state index >= 15 is 0 Å². The number of carbonyl (C=O) groups is 1. The van der Waals surface area contributed by atoms with Crippen LogP contribution in [0.3, 0.4) is 0 Å². The van der Waals surface area contributed by atoms with Crippen molar-refractivity contribution in [2.75, 3.05) is 11.1 Å². The topological polar surface area (TPSA) is 85.8 Å². The SMILES string of the molecule is O=C(CSc1nnc(-c2ccco2)n1-c1ccccc1)Nc1ncc(Cc2ccc(Cl)cc2)s1. The summed E-state index contributed by atoms with van der Waals surface area (Å²) in [5.74, 6) is 1.17. The summed E-state index contributed by atoms with van der Waals surface area (Å²) in [7, 11) is 0. The molecule has 1 N–H and O–H groups in total. The van der Waals surface area contributed by atoms with Crippen molar-refractivity contribution >= 4 is 45.7 Å². The van der Waals surface area contributed by atoms with E-state index in [2.05, 4.69) is 20.5 Å². The van der Waals surface area contributed by atoms with Gasteiger partial charge in [0.2, 0.25) is 11.7 Å². The highest BCUT2D eigenvalue weighted by Crippen LogP contribution is 2.28. The quantitative estimate of drug-likeness (QED) is 0.261. The molecular weight excluding hydrogens is 490 g/mol.